The second-order valence-electron chi connectivity index (χ2n) is 17.4. The van der Waals surface area contributed by atoms with E-state index < -0.39 is 18.2 Å². The van der Waals surface area contributed by atoms with Crippen molar-refractivity contribution in [1.82, 2.24) is 29.7 Å². The van der Waals surface area contributed by atoms with Gasteiger partial charge in [0.25, 0.3) is 0 Å². The molecule has 0 aliphatic carbocycles. The molecule has 1 saturated heterocycles. The number of carboxylic acid groups (broad SMARTS) is 1. The van der Waals surface area contributed by atoms with E-state index in [1.807, 2.05) is 43.3 Å². The van der Waals surface area contributed by atoms with E-state index in [-0.39, 0.29) is 31.3 Å². The lowest BCUT2D eigenvalue weighted by molar-refractivity contribution is -0.145. The number of hydrogen-bond acceptors (Lipinski definition) is 16. The van der Waals surface area contributed by atoms with Gasteiger partial charge in [-0.05, 0) is 78.2 Å². The second kappa shape index (κ2) is 24.5. The number of aliphatic carboxylic acids is 1. The van der Waals surface area contributed by atoms with Gasteiger partial charge in [0.1, 0.15) is 59.3 Å². The molecule has 7 aromatic rings. The molecule has 0 saturated carbocycles. The first-order chi connectivity index (χ1) is 35.6. The number of fused-ring (bicyclic) bond motifs is 7. The maximum absolute atomic E-state index is 14.4. The fourth-order valence-electron chi connectivity index (χ4n) is 8.76. The van der Waals surface area contributed by atoms with Crippen molar-refractivity contribution in [2.75, 3.05) is 93.1 Å². The Labute approximate surface area is 431 Å². The van der Waals surface area contributed by atoms with Crippen LogP contribution in [0, 0.1) is 12.7 Å². The average molecular weight is 1040 g/mol. The molecule has 73 heavy (non-hydrogen) atoms. The van der Waals surface area contributed by atoms with Crippen LogP contribution in [0.25, 0.3) is 43.2 Å². The van der Waals surface area contributed by atoms with Gasteiger partial charge in [-0.3, -0.25) is 9.80 Å². The molecule has 0 radical (unpaired) electrons. The Morgan fingerprint density at radius 2 is 1.64 bits per heavy atom. The largest absolute Gasteiger partial charge is 0.496 e. The SMILES string of the molecule is COCCOCCOCCN1CCN(C[C@@H]2COc3ccc(OCc4ccnc(-c5ccccc5OC)n4)c(c3)C[C@H](C(=O)O)Oc3ncnc4sc(-c5ccc(F)cc5)c(c34)-c3ccc(c(Cl)c3C)O2)CC1. The number of halogens is 2. The summed E-state index contributed by atoms with van der Waals surface area (Å²) in [5.41, 5.74) is 4.58. The molecule has 16 nitrogen and oxygen atoms in total. The molecule has 0 amide bonds. The molecule has 3 aromatic heterocycles. The number of methoxy groups -OCH3 is 2. The van der Waals surface area contributed by atoms with Crippen LogP contribution in [0.1, 0.15) is 16.8 Å². The zero-order valence-electron chi connectivity index (χ0n) is 40.8. The van der Waals surface area contributed by atoms with Gasteiger partial charge < -0.3 is 43.0 Å². The summed E-state index contributed by atoms with van der Waals surface area (Å²) in [6.45, 7) is 9.46. The van der Waals surface area contributed by atoms with Gasteiger partial charge in [-0.15, -0.1) is 11.3 Å². The normalized spacial score (nSPS) is 16.3. The number of benzene rings is 4. The van der Waals surface area contributed by atoms with Crippen molar-refractivity contribution < 1.29 is 52.2 Å². The van der Waals surface area contributed by atoms with E-state index in [1.165, 1.54) is 29.8 Å². The van der Waals surface area contributed by atoms with Crippen LogP contribution in [0.2, 0.25) is 5.02 Å². The van der Waals surface area contributed by atoms with E-state index in [0.29, 0.717) is 117 Å². The van der Waals surface area contributed by atoms with E-state index in [0.717, 1.165) is 43.2 Å². The highest BCUT2D eigenvalue weighted by atomic mass is 35.5. The number of para-hydroxylation sites is 1. The first-order valence-electron chi connectivity index (χ1n) is 24.0. The number of aromatic nitrogens is 4. The van der Waals surface area contributed by atoms with Crippen molar-refractivity contribution in [2.24, 2.45) is 0 Å². The van der Waals surface area contributed by atoms with E-state index in [1.54, 1.807) is 56.8 Å². The van der Waals surface area contributed by atoms with Gasteiger partial charge in [-0.25, -0.2) is 29.1 Å². The average Bonchev–Trinajstić information content (AvgIpc) is 3.80. The molecule has 10 rings (SSSR count). The Morgan fingerprint density at radius 3 is 2.44 bits per heavy atom. The molecular formula is C54H56ClFN6O10S. The van der Waals surface area contributed by atoms with Gasteiger partial charge >= 0.3 is 5.97 Å². The first kappa shape index (κ1) is 51.4. The summed E-state index contributed by atoms with van der Waals surface area (Å²) < 4.78 is 62.6. The fraction of sp³-hybridized carbons (Fsp3) is 0.352. The molecule has 1 N–H and O–H groups in total. The Balaban J connectivity index is 1.04. The molecule has 4 bridgehead atoms. The van der Waals surface area contributed by atoms with Gasteiger partial charge in [0.2, 0.25) is 12.0 Å². The summed E-state index contributed by atoms with van der Waals surface area (Å²) >= 11 is 8.66. The minimum absolute atomic E-state index is 0.0330. The maximum atomic E-state index is 14.4. The Bertz CT molecular complexity index is 3000. The monoisotopic (exact) mass is 1030 g/mol. The Kier molecular flexibility index (Phi) is 17.2. The smallest absolute Gasteiger partial charge is 0.345 e. The molecular weight excluding hydrogens is 979 g/mol. The molecule has 0 spiro atoms. The van der Waals surface area contributed by atoms with Gasteiger partial charge in [0, 0.05) is 75.0 Å². The predicted molar refractivity (Wildman–Crippen MR) is 275 cm³/mol. The van der Waals surface area contributed by atoms with Crippen molar-refractivity contribution in [1.29, 1.82) is 0 Å². The Morgan fingerprint density at radius 1 is 0.863 bits per heavy atom. The zero-order valence-corrected chi connectivity index (χ0v) is 42.3. The van der Waals surface area contributed by atoms with Crippen molar-refractivity contribution in [3.05, 3.63) is 125 Å². The van der Waals surface area contributed by atoms with Gasteiger partial charge in [-0.1, -0.05) is 41.9 Å². The van der Waals surface area contributed by atoms with Crippen molar-refractivity contribution >= 4 is 39.1 Å². The lowest BCUT2D eigenvalue weighted by Crippen LogP contribution is -2.50. The van der Waals surface area contributed by atoms with E-state index in [9.17, 15) is 14.3 Å². The maximum Gasteiger partial charge on any atom is 0.345 e. The molecule has 3 aliphatic rings. The van der Waals surface area contributed by atoms with Crippen LogP contribution in [-0.2, 0) is 32.0 Å². The third kappa shape index (κ3) is 12.6. The lowest BCUT2D eigenvalue weighted by Gasteiger charge is -2.36. The summed E-state index contributed by atoms with van der Waals surface area (Å²) in [6, 6.07) is 24.4. The van der Waals surface area contributed by atoms with E-state index >= 15 is 0 Å². The first-order valence-corrected chi connectivity index (χ1v) is 25.2. The van der Waals surface area contributed by atoms with Crippen LogP contribution < -0.4 is 23.7 Å². The summed E-state index contributed by atoms with van der Waals surface area (Å²) in [5, 5.41) is 11.8. The number of ether oxygens (including phenoxy) is 8. The molecule has 3 aliphatic heterocycles. The van der Waals surface area contributed by atoms with Crippen molar-refractivity contribution in [3.63, 3.8) is 0 Å². The number of carbonyl (C=O) groups is 1. The molecule has 382 valence electrons. The molecule has 0 unspecified atom stereocenters. The number of nitrogens with zero attached hydrogens (tertiary/aromatic N) is 6. The quantitative estimate of drug-likeness (QED) is 0.0810. The van der Waals surface area contributed by atoms with Crippen LogP contribution >= 0.6 is 22.9 Å². The van der Waals surface area contributed by atoms with E-state index in [4.69, 9.17) is 54.5 Å². The second-order valence-corrected chi connectivity index (χ2v) is 18.8. The number of hydrogen-bond donors (Lipinski definition) is 1. The van der Waals surface area contributed by atoms with Crippen molar-refractivity contribution in [3.8, 4) is 61.8 Å². The van der Waals surface area contributed by atoms with E-state index in [2.05, 4.69) is 24.8 Å². The molecule has 1 fully saturated rings. The zero-order chi connectivity index (χ0) is 50.7. The molecule has 6 heterocycles. The number of piperazine rings is 1. The van der Waals surface area contributed by atoms with Crippen LogP contribution in [0.4, 0.5) is 4.39 Å². The van der Waals surface area contributed by atoms with Gasteiger partial charge in [0.15, 0.2) is 5.82 Å². The third-order valence-electron chi connectivity index (χ3n) is 12.6. The highest BCUT2D eigenvalue weighted by Gasteiger charge is 2.30. The predicted octanol–water partition coefficient (Wildman–Crippen LogP) is 8.68. The topological polar surface area (TPSA) is 169 Å². The summed E-state index contributed by atoms with van der Waals surface area (Å²) in [5.74, 6) is 0.839. The lowest BCUT2D eigenvalue weighted by atomic mass is 9.96. The fourth-order valence-corrected chi connectivity index (χ4v) is 10.1. The minimum Gasteiger partial charge on any atom is -0.496 e. The number of rotatable bonds is 18. The third-order valence-corrected chi connectivity index (χ3v) is 14.2. The van der Waals surface area contributed by atoms with Crippen LogP contribution in [0.5, 0.6) is 28.9 Å². The number of carboxylic acids is 1. The summed E-state index contributed by atoms with van der Waals surface area (Å²) in [6.07, 6.45) is 0.892. The highest BCUT2D eigenvalue weighted by molar-refractivity contribution is 7.22. The highest BCUT2D eigenvalue weighted by Crippen LogP contribution is 2.50. The van der Waals surface area contributed by atoms with Gasteiger partial charge in [-0.2, -0.15) is 0 Å². The standard InChI is InChI=1S/C54H56ClFN6O10S/c1-34-41-13-15-45(49(34)55)71-40(30-62-20-18-61(19-21-62)22-23-67-26-27-68-25-24-65-2)32-69-39-12-14-43(70-31-38-16-17-57-51(60-38)42-6-4-5-7-44(42)66-3)36(28-39)29-46(54(63)64)72-52-48-47(41)50(73-53(48)59-33-58-52)35-8-10-37(56)11-9-35/h4-17,28,33,40,46H,18-27,29-32H2,1-3H3,(H,63,64)/t40-,46-/m1/s1. The summed E-state index contributed by atoms with van der Waals surface area (Å²) in [7, 11) is 3.24. The van der Waals surface area contributed by atoms with Crippen LogP contribution in [0.15, 0.2) is 97.5 Å². The Hall–Kier alpha value is -6.51. The minimum atomic E-state index is -1.46. The van der Waals surface area contributed by atoms with Crippen molar-refractivity contribution in [2.45, 2.75) is 32.2 Å². The number of thiophene rings is 1. The molecule has 4 aromatic carbocycles. The van der Waals surface area contributed by atoms with Crippen LogP contribution in [-0.4, -0.2) is 146 Å². The summed E-state index contributed by atoms with van der Waals surface area (Å²) in [4.78, 5) is 37.8. The molecule has 2 atom stereocenters. The van der Waals surface area contributed by atoms with Crippen LogP contribution in [0.3, 0.4) is 0 Å². The molecule has 19 heteroatoms. The van der Waals surface area contributed by atoms with Gasteiger partial charge in [0.05, 0.1) is 61.8 Å².